The second-order valence-corrected chi connectivity index (χ2v) is 5.06. The molecule has 0 radical (unpaired) electrons. The first-order valence-corrected chi connectivity index (χ1v) is 6.80. The van der Waals surface area contributed by atoms with Gasteiger partial charge in [0.15, 0.2) is 0 Å². The summed E-state index contributed by atoms with van der Waals surface area (Å²) in [6, 6.07) is 6.63. The van der Waals surface area contributed by atoms with Crippen molar-refractivity contribution >= 4 is 17.7 Å². The van der Waals surface area contributed by atoms with Crippen LogP contribution in [0, 0.1) is 6.92 Å². The molecule has 6 nitrogen and oxygen atoms in total. The maximum Gasteiger partial charge on any atom is 0.324 e. The number of nitrogens with zero attached hydrogens (tertiary/aromatic N) is 2. The third-order valence-electron chi connectivity index (χ3n) is 3.35. The number of urea groups is 1. The van der Waals surface area contributed by atoms with E-state index in [1.807, 2.05) is 19.1 Å². The molecule has 116 valence electrons. The number of aryl methyl sites for hydroxylation is 1. The number of likely N-dealkylation sites (N-methyl/N-ethyl adjacent to an activating group) is 1. The minimum absolute atomic E-state index is 0.0831. The average molecular weight is 294 g/mol. The number of carboxylic acids is 1. The van der Waals surface area contributed by atoms with E-state index in [0.29, 0.717) is 5.69 Å². The van der Waals surface area contributed by atoms with Crippen molar-refractivity contribution in [1.82, 2.24) is 4.90 Å². The number of amides is 2. The minimum atomic E-state index is -0.960. The molecule has 0 aliphatic rings. The third-order valence-corrected chi connectivity index (χ3v) is 3.35. The van der Waals surface area contributed by atoms with Crippen LogP contribution < -0.4 is 4.90 Å². The minimum Gasteiger partial charge on any atom is -0.481 e. The van der Waals surface area contributed by atoms with Gasteiger partial charge in [-0.15, -0.1) is 0 Å². The summed E-state index contributed by atoms with van der Waals surface area (Å²) < 4.78 is 0. The number of carbonyl (C=O) groups is 2. The maximum atomic E-state index is 12.5. The van der Waals surface area contributed by atoms with Gasteiger partial charge in [-0.05, 0) is 26.0 Å². The van der Waals surface area contributed by atoms with Crippen LogP contribution in [0.4, 0.5) is 10.5 Å². The number of rotatable bonds is 6. The van der Waals surface area contributed by atoms with Crippen LogP contribution >= 0.6 is 0 Å². The SMILES string of the molecule is Cc1ccc(N(CCC(=O)O)C(=O)N(C)C(C)CO)cc1. The first-order valence-electron chi connectivity index (χ1n) is 6.80. The van der Waals surface area contributed by atoms with Crippen LogP contribution in [0.5, 0.6) is 0 Å². The van der Waals surface area contributed by atoms with E-state index >= 15 is 0 Å². The molecule has 0 bridgehead atoms. The topological polar surface area (TPSA) is 81.1 Å². The normalized spacial score (nSPS) is 11.8. The van der Waals surface area contributed by atoms with E-state index in [1.165, 1.54) is 9.80 Å². The molecule has 1 aromatic carbocycles. The predicted molar refractivity (Wildman–Crippen MR) is 80.5 cm³/mol. The van der Waals surface area contributed by atoms with Gasteiger partial charge in [0.05, 0.1) is 19.1 Å². The lowest BCUT2D eigenvalue weighted by atomic mass is 10.2. The summed E-state index contributed by atoms with van der Waals surface area (Å²) in [5, 5.41) is 18.0. The van der Waals surface area contributed by atoms with Crippen molar-refractivity contribution in [2.45, 2.75) is 26.3 Å². The van der Waals surface area contributed by atoms with Gasteiger partial charge in [-0.3, -0.25) is 9.69 Å². The highest BCUT2D eigenvalue weighted by molar-refractivity contribution is 5.92. The van der Waals surface area contributed by atoms with E-state index in [4.69, 9.17) is 10.2 Å². The second kappa shape index (κ2) is 7.64. The molecule has 1 unspecified atom stereocenters. The lowest BCUT2D eigenvalue weighted by Crippen LogP contribution is -2.47. The first-order chi connectivity index (χ1) is 9.86. The second-order valence-electron chi connectivity index (χ2n) is 5.06. The summed E-state index contributed by atoms with van der Waals surface area (Å²) in [5.41, 5.74) is 1.70. The van der Waals surface area contributed by atoms with Gasteiger partial charge in [-0.1, -0.05) is 17.7 Å². The molecule has 0 aromatic heterocycles. The van der Waals surface area contributed by atoms with Crippen LogP contribution in [-0.2, 0) is 4.79 Å². The molecule has 6 heteroatoms. The number of aliphatic hydroxyl groups is 1. The number of aliphatic carboxylic acids is 1. The first kappa shape index (κ1) is 17.0. The summed E-state index contributed by atoms with van der Waals surface area (Å²) in [5.74, 6) is -0.960. The number of aliphatic hydroxyl groups excluding tert-OH is 1. The Hall–Kier alpha value is -2.08. The van der Waals surface area contributed by atoms with Gasteiger partial charge in [0.2, 0.25) is 0 Å². The fraction of sp³-hybridized carbons (Fsp3) is 0.467. The zero-order valence-corrected chi connectivity index (χ0v) is 12.6. The zero-order valence-electron chi connectivity index (χ0n) is 12.6. The van der Waals surface area contributed by atoms with Gasteiger partial charge in [-0.2, -0.15) is 0 Å². The Labute approximate surface area is 124 Å². The standard InChI is InChI=1S/C15H22N2O4/c1-11-4-6-13(7-5-11)17(9-8-14(19)20)15(21)16(3)12(2)10-18/h4-7,12,18H,8-10H2,1-3H3,(H,19,20). The van der Waals surface area contributed by atoms with Gasteiger partial charge in [0, 0.05) is 19.3 Å². The molecule has 0 fully saturated rings. The number of hydrogen-bond donors (Lipinski definition) is 2. The zero-order chi connectivity index (χ0) is 16.0. The highest BCUT2D eigenvalue weighted by atomic mass is 16.4. The largest absolute Gasteiger partial charge is 0.481 e. The molecule has 2 N–H and O–H groups in total. The van der Waals surface area contributed by atoms with Crippen molar-refractivity contribution in [3.05, 3.63) is 29.8 Å². The predicted octanol–water partition coefficient (Wildman–Crippen LogP) is 1.71. The van der Waals surface area contributed by atoms with E-state index in [-0.39, 0.29) is 31.6 Å². The van der Waals surface area contributed by atoms with Crippen molar-refractivity contribution in [2.24, 2.45) is 0 Å². The quantitative estimate of drug-likeness (QED) is 0.837. The highest BCUT2D eigenvalue weighted by Gasteiger charge is 2.23. The number of benzene rings is 1. The van der Waals surface area contributed by atoms with Crippen LogP contribution in [-0.4, -0.2) is 53.4 Å². The Morgan fingerprint density at radius 1 is 1.24 bits per heavy atom. The Balaban J connectivity index is 2.98. The lowest BCUT2D eigenvalue weighted by Gasteiger charge is -2.31. The molecule has 0 spiro atoms. The monoisotopic (exact) mass is 294 g/mol. The number of carboxylic acid groups (broad SMARTS) is 1. The number of hydrogen-bond acceptors (Lipinski definition) is 3. The van der Waals surface area contributed by atoms with Crippen molar-refractivity contribution in [3.8, 4) is 0 Å². The molecule has 1 aromatic rings. The smallest absolute Gasteiger partial charge is 0.324 e. The van der Waals surface area contributed by atoms with Crippen molar-refractivity contribution in [1.29, 1.82) is 0 Å². The van der Waals surface area contributed by atoms with Crippen molar-refractivity contribution in [2.75, 3.05) is 25.1 Å². The maximum absolute atomic E-state index is 12.5. The molecule has 0 heterocycles. The molecule has 2 amide bonds. The summed E-state index contributed by atoms with van der Waals surface area (Å²) >= 11 is 0. The van der Waals surface area contributed by atoms with Crippen LogP contribution in [0.2, 0.25) is 0 Å². The third kappa shape index (κ3) is 4.75. The van der Waals surface area contributed by atoms with Crippen LogP contribution in [0.3, 0.4) is 0 Å². The van der Waals surface area contributed by atoms with E-state index in [9.17, 15) is 9.59 Å². The van der Waals surface area contributed by atoms with E-state index < -0.39 is 5.97 Å². The molecule has 0 saturated heterocycles. The Kier molecular flexibility index (Phi) is 6.17. The van der Waals surface area contributed by atoms with Crippen molar-refractivity contribution < 1.29 is 19.8 Å². The average Bonchev–Trinajstić information content (AvgIpc) is 2.47. The van der Waals surface area contributed by atoms with E-state index in [0.717, 1.165) is 5.56 Å². The Morgan fingerprint density at radius 3 is 2.29 bits per heavy atom. The summed E-state index contributed by atoms with van der Waals surface area (Å²) in [7, 11) is 1.59. The van der Waals surface area contributed by atoms with Crippen molar-refractivity contribution in [3.63, 3.8) is 0 Å². The highest BCUT2D eigenvalue weighted by Crippen LogP contribution is 2.18. The van der Waals surface area contributed by atoms with Gasteiger partial charge >= 0.3 is 12.0 Å². The summed E-state index contributed by atoms with van der Waals surface area (Å²) in [6.07, 6.45) is -0.138. The lowest BCUT2D eigenvalue weighted by molar-refractivity contribution is -0.136. The van der Waals surface area contributed by atoms with E-state index in [1.54, 1.807) is 26.1 Å². The molecular formula is C15H22N2O4. The Morgan fingerprint density at radius 2 is 1.81 bits per heavy atom. The molecule has 1 atom stereocenters. The van der Waals surface area contributed by atoms with Crippen LogP contribution in [0.1, 0.15) is 18.9 Å². The summed E-state index contributed by atoms with van der Waals surface area (Å²) in [4.78, 5) is 26.1. The fourth-order valence-corrected chi connectivity index (χ4v) is 1.77. The Bertz CT molecular complexity index is 487. The number of carbonyl (C=O) groups excluding carboxylic acids is 1. The molecule has 0 aliphatic heterocycles. The molecule has 0 aliphatic carbocycles. The van der Waals surface area contributed by atoms with Gasteiger partial charge in [0.1, 0.15) is 0 Å². The molecule has 0 saturated carbocycles. The number of anilines is 1. The van der Waals surface area contributed by atoms with E-state index in [2.05, 4.69) is 0 Å². The summed E-state index contributed by atoms with van der Waals surface area (Å²) in [6.45, 7) is 3.60. The fourth-order valence-electron chi connectivity index (χ4n) is 1.77. The molecule has 21 heavy (non-hydrogen) atoms. The van der Waals surface area contributed by atoms with Gasteiger partial charge < -0.3 is 15.1 Å². The van der Waals surface area contributed by atoms with Gasteiger partial charge in [0.25, 0.3) is 0 Å². The van der Waals surface area contributed by atoms with Crippen LogP contribution in [0.25, 0.3) is 0 Å². The van der Waals surface area contributed by atoms with Crippen LogP contribution in [0.15, 0.2) is 24.3 Å². The molecule has 1 rings (SSSR count). The molecular weight excluding hydrogens is 272 g/mol. The van der Waals surface area contributed by atoms with Gasteiger partial charge in [-0.25, -0.2) is 4.79 Å².